The van der Waals surface area contributed by atoms with Crippen molar-refractivity contribution in [1.29, 1.82) is 0 Å². The molecule has 0 spiro atoms. The summed E-state index contributed by atoms with van der Waals surface area (Å²) in [5, 5.41) is 8.85. The Labute approximate surface area is 67.4 Å². The van der Waals surface area contributed by atoms with E-state index < -0.39 is 21.8 Å². The van der Waals surface area contributed by atoms with Gasteiger partial charge in [-0.1, -0.05) is 0 Å². The zero-order valence-electron chi connectivity index (χ0n) is 6.01. The maximum atomic E-state index is 10.9. The van der Waals surface area contributed by atoms with Crippen LogP contribution in [0.4, 0.5) is 0 Å². The molecule has 0 saturated heterocycles. The number of nitrogens with one attached hydrogen (secondary N) is 1. The molecule has 12 heavy (non-hydrogen) atoms. The Bertz CT molecular complexity index is 427. The second-order valence-electron chi connectivity index (χ2n) is 1.83. The number of rotatable bonds is 2. The Morgan fingerprint density at radius 2 is 2.25 bits per heavy atom. The standard InChI is InChI=1S/C4H6N2O5S/c1-5-12(9,10)6-3(7)2-11-4(6)8/h2,5,7H,1H3. The molecule has 0 aromatic carbocycles. The number of hydrogen-bond donors (Lipinski definition) is 2. The van der Waals surface area contributed by atoms with Gasteiger partial charge in [-0.25, -0.2) is 9.52 Å². The number of aromatic hydroxyl groups is 1. The summed E-state index contributed by atoms with van der Waals surface area (Å²) in [5.41, 5.74) is 0. The molecule has 68 valence electrons. The van der Waals surface area contributed by atoms with E-state index in [0.717, 1.165) is 7.05 Å². The van der Waals surface area contributed by atoms with Crippen molar-refractivity contribution >= 4 is 10.2 Å². The average Bonchev–Trinajstić information content (AvgIpc) is 2.31. The third-order valence-corrected chi connectivity index (χ3v) is 2.47. The van der Waals surface area contributed by atoms with Crippen LogP contribution >= 0.6 is 0 Å². The van der Waals surface area contributed by atoms with Gasteiger partial charge in [0.25, 0.3) is 0 Å². The maximum absolute atomic E-state index is 10.9. The van der Waals surface area contributed by atoms with Crippen molar-refractivity contribution in [3.05, 3.63) is 16.8 Å². The van der Waals surface area contributed by atoms with Gasteiger partial charge in [-0.3, -0.25) is 0 Å². The first-order valence-electron chi connectivity index (χ1n) is 2.82. The van der Waals surface area contributed by atoms with Crippen LogP contribution in [0, 0.1) is 0 Å². The van der Waals surface area contributed by atoms with E-state index in [0.29, 0.717) is 6.26 Å². The Balaban J connectivity index is 3.48. The summed E-state index contributed by atoms with van der Waals surface area (Å²) in [4.78, 5) is 10.7. The third kappa shape index (κ3) is 1.21. The van der Waals surface area contributed by atoms with E-state index >= 15 is 0 Å². The highest BCUT2D eigenvalue weighted by molar-refractivity contribution is 7.88. The number of oxazole rings is 1. The lowest BCUT2D eigenvalue weighted by Gasteiger charge is -1.99. The molecule has 1 aromatic heterocycles. The molecule has 2 N–H and O–H groups in total. The van der Waals surface area contributed by atoms with Crippen LogP contribution in [0.15, 0.2) is 15.5 Å². The van der Waals surface area contributed by atoms with Gasteiger partial charge in [0.15, 0.2) is 6.26 Å². The Morgan fingerprint density at radius 3 is 2.58 bits per heavy atom. The molecule has 0 fully saturated rings. The van der Waals surface area contributed by atoms with Gasteiger partial charge < -0.3 is 9.52 Å². The van der Waals surface area contributed by atoms with Crippen molar-refractivity contribution in [3.8, 4) is 5.88 Å². The summed E-state index contributed by atoms with van der Waals surface area (Å²) in [5.74, 6) is -1.93. The molecule has 1 heterocycles. The second kappa shape index (κ2) is 2.64. The van der Waals surface area contributed by atoms with Crippen LogP contribution in [0.25, 0.3) is 0 Å². The van der Waals surface area contributed by atoms with Gasteiger partial charge in [0, 0.05) is 7.05 Å². The smallest absolute Gasteiger partial charge is 0.437 e. The van der Waals surface area contributed by atoms with Gasteiger partial charge in [0.05, 0.1) is 0 Å². The first-order chi connectivity index (χ1) is 5.49. The van der Waals surface area contributed by atoms with E-state index in [1.807, 2.05) is 4.72 Å². The van der Waals surface area contributed by atoms with Gasteiger partial charge in [-0.15, -0.1) is 3.97 Å². The molecular weight excluding hydrogens is 188 g/mol. The molecule has 7 nitrogen and oxygen atoms in total. The minimum atomic E-state index is -4.01. The molecule has 0 amide bonds. The van der Waals surface area contributed by atoms with Gasteiger partial charge in [0.1, 0.15) is 0 Å². The lowest BCUT2D eigenvalue weighted by Crippen LogP contribution is -2.32. The molecule has 0 saturated carbocycles. The normalized spacial score (nSPS) is 11.8. The quantitative estimate of drug-likeness (QED) is 0.594. The van der Waals surface area contributed by atoms with E-state index in [1.54, 1.807) is 0 Å². The molecule has 1 aromatic rings. The molecule has 0 aliphatic heterocycles. The summed E-state index contributed by atoms with van der Waals surface area (Å²) in [7, 11) is -2.90. The fourth-order valence-electron chi connectivity index (χ4n) is 0.605. The van der Waals surface area contributed by atoms with Crippen molar-refractivity contribution in [1.82, 2.24) is 8.69 Å². The van der Waals surface area contributed by atoms with Crippen LogP contribution in [0.3, 0.4) is 0 Å². The third-order valence-electron chi connectivity index (χ3n) is 1.14. The van der Waals surface area contributed by atoms with Crippen molar-refractivity contribution in [3.63, 3.8) is 0 Å². The Morgan fingerprint density at radius 1 is 1.67 bits per heavy atom. The zero-order valence-corrected chi connectivity index (χ0v) is 6.83. The van der Waals surface area contributed by atoms with Gasteiger partial charge >= 0.3 is 16.0 Å². The summed E-state index contributed by atoms with van der Waals surface area (Å²) >= 11 is 0. The van der Waals surface area contributed by atoms with Crippen molar-refractivity contribution < 1.29 is 17.9 Å². The van der Waals surface area contributed by atoms with E-state index in [-0.39, 0.29) is 3.97 Å². The van der Waals surface area contributed by atoms with E-state index in [1.165, 1.54) is 0 Å². The minimum absolute atomic E-state index is 0.104. The number of nitrogens with zero attached hydrogens (tertiary/aromatic N) is 1. The highest BCUT2D eigenvalue weighted by Gasteiger charge is 2.19. The monoisotopic (exact) mass is 194 g/mol. The van der Waals surface area contributed by atoms with E-state index in [2.05, 4.69) is 4.42 Å². The van der Waals surface area contributed by atoms with Crippen LogP contribution in [-0.4, -0.2) is 24.5 Å². The molecule has 0 aliphatic carbocycles. The number of aromatic nitrogens is 1. The molecular formula is C4H6N2O5S. The van der Waals surface area contributed by atoms with Crippen molar-refractivity contribution in [2.75, 3.05) is 7.05 Å². The van der Waals surface area contributed by atoms with Crippen molar-refractivity contribution in [2.24, 2.45) is 0 Å². The second-order valence-corrected chi connectivity index (χ2v) is 3.56. The zero-order chi connectivity index (χ0) is 9.35. The summed E-state index contributed by atoms with van der Waals surface area (Å²) in [6.45, 7) is 0. The fourth-order valence-corrected chi connectivity index (χ4v) is 1.32. The summed E-state index contributed by atoms with van der Waals surface area (Å²) in [6.07, 6.45) is 0.636. The molecule has 0 unspecified atom stereocenters. The molecule has 0 aliphatic rings. The predicted molar refractivity (Wildman–Crippen MR) is 38.0 cm³/mol. The molecule has 0 bridgehead atoms. The highest BCUT2D eigenvalue weighted by atomic mass is 32.2. The van der Waals surface area contributed by atoms with Gasteiger partial charge in [-0.05, 0) is 0 Å². The van der Waals surface area contributed by atoms with Crippen LogP contribution in [0.5, 0.6) is 5.88 Å². The molecule has 0 atom stereocenters. The Kier molecular flexibility index (Phi) is 1.94. The largest absolute Gasteiger partial charge is 0.491 e. The lowest BCUT2D eigenvalue weighted by atomic mass is 10.9. The lowest BCUT2D eigenvalue weighted by molar-refractivity contribution is 0.440. The highest BCUT2D eigenvalue weighted by Crippen LogP contribution is 2.06. The number of hydrogen-bond acceptors (Lipinski definition) is 5. The van der Waals surface area contributed by atoms with E-state index in [9.17, 15) is 13.2 Å². The van der Waals surface area contributed by atoms with Gasteiger partial charge in [-0.2, -0.15) is 8.42 Å². The molecule has 1 rings (SSSR count). The maximum Gasteiger partial charge on any atom is 0.437 e. The Hall–Kier alpha value is -1.28. The average molecular weight is 194 g/mol. The molecule has 8 heteroatoms. The van der Waals surface area contributed by atoms with Crippen LogP contribution in [0.1, 0.15) is 0 Å². The molecule has 0 radical (unpaired) electrons. The van der Waals surface area contributed by atoms with Gasteiger partial charge in [0.2, 0.25) is 5.88 Å². The van der Waals surface area contributed by atoms with Crippen LogP contribution in [-0.2, 0) is 10.2 Å². The minimum Gasteiger partial charge on any atom is -0.491 e. The predicted octanol–water partition coefficient (Wildman–Crippen LogP) is -1.54. The first kappa shape index (κ1) is 8.81. The van der Waals surface area contributed by atoms with Crippen LogP contribution < -0.4 is 10.5 Å². The van der Waals surface area contributed by atoms with Crippen molar-refractivity contribution in [2.45, 2.75) is 0 Å². The topological polar surface area (TPSA) is 102 Å². The first-order valence-corrected chi connectivity index (χ1v) is 4.26. The fraction of sp³-hybridized carbons (Fsp3) is 0.250. The van der Waals surface area contributed by atoms with Crippen LogP contribution in [0.2, 0.25) is 0 Å². The van der Waals surface area contributed by atoms with E-state index in [4.69, 9.17) is 5.11 Å². The summed E-state index contributed by atoms with van der Waals surface area (Å²) in [6, 6.07) is 0. The summed E-state index contributed by atoms with van der Waals surface area (Å²) < 4.78 is 27.9. The SMILES string of the molecule is CNS(=O)(=O)n1c(O)coc1=O.